The summed E-state index contributed by atoms with van der Waals surface area (Å²) in [5.74, 6) is -2.39. The Morgan fingerprint density at radius 3 is 2.71 bits per heavy atom. The van der Waals surface area contributed by atoms with Gasteiger partial charge in [0.2, 0.25) is 11.5 Å². The van der Waals surface area contributed by atoms with E-state index in [1.807, 2.05) is 0 Å². The van der Waals surface area contributed by atoms with Crippen LogP contribution in [0.1, 0.15) is 31.5 Å². The quantitative estimate of drug-likeness (QED) is 0.232. The molecule has 1 saturated heterocycles. The Labute approximate surface area is 184 Å². The minimum Gasteiger partial charge on any atom is -0.477 e. The Balaban J connectivity index is 1.52. The molecule has 0 aromatic carbocycles. The SMILES string of the molecule is Nc1nc(/C(=N/OC2CCCC2)C(=O)N[C@@H]2C(=O)N3C(C(=O)O)=C(CO)CS[C@H]23)ns1. The normalized spacial score (nSPS) is 24.1. The van der Waals surface area contributed by atoms with E-state index in [1.54, 1.807) is 0 Å². The minimum absolute atomic E-state index is 0.00777. The first-order valence-corrected chi connectivity index (χ1v) is 11.4. The summed E-state index contributed by atoms with van der Waals surface area (Å²) in [6, 6.07) is -0.959. The molecule has 1 aromatic rings. The van der Waals surface area contributed by atoms with E-state index in [1.165, 1.54) is 11.8 Å². The van der Waals surface area contributed by atoms with Crippen LogP contribution in [0.15, 0.2) is 16.4 Å². The fourth-order valence-corrected chi connectivity index (χ4v) is 5.42. The van der Waals surface area contributed by atoms with Gasteiger partial charge in [-0.25, -0.2) is 4.79 Å². The fraction of sp³-hybridized carbons (Fsp3) is 0.529. The van der Waals surface area contributed by atoms with Crippen molar-refractivity contribution >= 4 is 51.9 Å². The number of carboxylic acids is 1. The number of hydrogen-bond acceptors (Lipinski definition) is 11. The highest BCUT2D eigenvalue weighted by atomic mass is 32.2. The maximum atomic E-state index is 12.9. The van der Waals surface area contributed by atoms with Gasteiger partial charge in [-0.3, -0.25) is 14.5 Å². The zero-order valence-corrected chi connectivity index (χ0v) is 17.8. The third kappa shape index (κ3) is 4.09. The third-order valence-electron chi connectivity index (χ3n) is 5.19. The molecule has 1 aliphatic carbocycles. The number of carbonyl (C=O) groups excluding carboxylic acids is 2. The van der Waals surface area contributed by atoms with Crippen molar-refractivity contribution in [2.45, 2.75) is 43.2 Å². The van der Waals surface area contributed by atoms with Crippen LogP contribution in [-0.2, 0) is 19.2 Å². The lowest BCUT2D eigenvalue weighted by Gasteiger charge is -2.49. The molecule has 3 aliphatic rings. The van der Waals surface area contributed by atoms with E-state index < -0.39 is 35.8 Å². The molecule has 0 unspecified atom stereocenters. The van der Waals surface area contributed by atoms with Gasteiger partial charge in [-0.05, 0) is 31.3 Å². The van der Waals surface area contributed by atoms with E-state index in [9.17, 15) is 24.6 Å². The molecule has 2 atom stereocenters. The Morgan fingerprint density at radius 2 is 2.10 bits per heavy atom. The van der Waals surface area contributed by atoms with Gasteiger partial charge in [-0.1, -0.05) is 5.16 Å². The van der Waals surface area contributed by atoms with Gasteiger partial charge in [-0.2, -0.15) is 9.36 Å². The van der Waals surface area contributed by atoms with Crippen LogP contribution >= 0.6 is 23.3 Å². The Kier molecular flexibility index (Phi) is 6.11. The van der Waals surface area contributed by atoms with Crippen molar-refractivity contribution in [2.75, 3.05) is 18.1 Å². The monoisotopic (exact) mass is 468 g/mol. The highest BCUT2D eigenvalue weighted by Gasteiger charge is 2.54. The zero-order chi connectivity index (χ0) is 22.1. The summed E-state index contributed by atoms with van der Waals surface area (Å²) >= 11 is 2.15. The summed E-state index contributed by atoms with van der Waals surface area (Å²) in [6.07, 6.45) is 3.59. The predicted molar refractivity (Wildman–Crippen MR) is 111 cm³/mol. The van der Waals surface area contributed by atoms with Crippen molar-refractivity contribution in [2.24, 2.45) is 5.16 Å². The average Bonchev–Trinajstić information content (AvgIpc) is 3.42. The van der Waals surface area contributed by atoms with Gasteiger partial charge in [0.1, 0.15) is 23.2 Å². The highest BCUT2D eigenvalue weighted by Crippen LogP contribution is 2.40. The maximum Gasteiger partial charge on any atom is 0.352 e. The third-order valence-corrected chi connectivity index (χ3v) is 7.07. The fourth-order valence-electron chi connectivity index (χ4n) is 3.65. The Bertz CT molecular complexity index is 972. The van der Waals surface area contributed by atoms with Crippen molar-refractivity contribution in [3.63, 3.8) is 0 Å². The number of aliphatic hydroxyl groups excluding tert-OH is 1. The molecule has 166 valence electrons. The predicted octanol–water partition coefficient (Wildman–Crippen LogP) is -0.485. The van der Waals surface area contributed by atoms with Gasteiger partial charge < -0.3 is 26.1 Å². The molecule has 2 aliphatic heterocycles. The molecule has 12 nitrogen and oxygen atoms in total. The topological polar surface area (TPSA) is 180 Å². The lowest BCUT2D eigenvalue weighted by molar-refractivity contribution is -0.150. The molecule has 0 radical (unpaired) electrons. The van der Waals surface area contributed by atoms with Crippen molar-refractivity contribution in [1.82, 2.24) is 19.6 Å². The van der Waals surface area contributed by atoms with Crippen LogP contribution in [0.2, 0.25) is 0 Å². The van der Waals surface area contributed by atoms with Gasteiger partial charge in [0.15, 0.2) is 5.13 Å². The molecule has 0 bridgehead atoms. The van der Waals surface area contributed by atoms with Crippen LogP contribution in [0.5, 0.6) is 0 Å². The van der Waals surface area contributed by atoms with Crippen LogP contribution in [0, 0.1) is 0 Å². The van der Waals surface area contributed by atoms with E-state index in [-0.39, 0.29) is 39.8 Å². The van der Waals surface area contributed by atoms with Crippen LogP contribution in [0.3, 0.4) is 0 Å². The van der Waals surface area contributed by atoms with E-state index in [4.69, 9.17) is 10.6 Å². The van der Waals surface area contributed by atoms with Gasteiger partial charge >= 0.3 is 5.97 Å². The lowest BCUT2D eigenvalue weighted by Crippen LogP contribution is -2.71. The van der Waals surface area contributed by atoms with E-state index in [0.29, 0.717) is 0 Å². The number of nitrogens with one attached hydrogen (secondary N) is 1. The number of carboxylic acid groups (broad SMARTS) is 1. The van der Waals surface area contributed by atoms with Crippen LogP contribution < -0.4 is 11.1 Å². The number of oxime groups is 1. The molecular formula is C17H20N6O6S2. The number of thioether (sulfide) groups is 1. The number of nitrogens with zero attached hydrogens (tertiary/aromatic N) is 4. The summed E-state index contributed by atoms with van der Waals surface area (Å²) in [5.41, 5.74) is 5.44. The Hall–Kier alpha value is -2.71. The standard InChI is InChI=1S/C17H20N6O6S2/c18-17-20-12(22-31-17)9(21-29-8-3-1-2-4-8)13(25)19-10-14(26)23-11(16(27)28)7(5-24)6-30-15(10)23/h8,10,15,24H,1-6H2,(H,19,25)(H,27,28)(H2,18,20,22)/b21-9-/t10-,15-/m1/s1. The summed E-state index contributed by atoms with van der Waals surface area (Å²) in [5, 5.41) is 24.9. The Morgan fingerprint density at radius 1 is 1.35 bits per heavy atom. The van der Waals surface area contributed by atoms with Crippen molar-refractivity contribution in [1.29, 1.82) is 0 Å². The molecule has 1 saturated carbocycles. The number of nitrogens with two attached hydrogens (primary N) is 1. The number of amides is 2. The second kappa shape index (κ2) is 8.80. The first-order chi connectivity index (χ1) is 14.9. The zero-order valence-electron chi connectivity index (χ0n) is 16.2. The van der Waals surface area contributed by atoms with Crippen LogP contribution in [-0.4, -0.2) is 77.8 Å². The molecule has 31 heavy (non-hydrogen) atoms. The van der Waals surface area contributed by atoms with Crippen molar-refractivity contribution < 1.29 is 29.4 Å². The van der Waals surface area contributed by atoms with Crippen LogP contribution in [0.25, 0.3) is 0 Å². The molecule has 14 heteroatoms. The number of hydrogen-bond donors (Lipinski definition) is 4. The summed E-state index contributed by atoms with van der Waals surface area (Å²) in [6.45, 7) is -0.464. The van der Waals surface area contributed by atoms with Crippen LogP contribution in [0.4, 0.5) is 5.13 Å². The largest absolute Gasteiger partial charge is 0.477 e. The molecule has 3 heterocycles. The first kappa shape index (κ1) is 21.5. The van der Waals surface area contributed by atoms with E-state index in [0.717, 1.165) is 42.1 Å². The number of carbonyl (C=O) groups is 3. The van der Waals surface area contributed by atoms with Crippen molar-refractivity contribution in [3.8, 4) is 0 Å². The smallest absolute Gasteiger partial charge is 0.352 e. The number of anilines is 1. The van der Waals surface area contributed by atoms with E-state index >= 15 is 0 Å². The molecule has 2 amide bonds. The summed E-state index contributed by atoms with van der Waals surface area (Å²) in [4.78, 5) is 47.7. The molecule has 0 spiro atoms. The second-order valence-corrected chi connectivity index (χ2v) is 9.07. The second-order valence-electron chi connectivity index (χ2n) is 7.18. The van der Waals surface area contributed by atoms with Gasteiger partial charge in [-0.15, -0.1) is 11.8 Å². The summed E-state index contributed by atoms with van der Waals surface area (Å²) < 4.78 is 4.01. The number of β-lactam (4-membered cyclic amide) rings is 1. The molecule has 5 N–H and O–H groups in total. The molecule has 4 rings (SSSR count). The van der Waals surface area contributed by atoms with Gasteiger partial charge in [0, 0.05) is 17.3 Å². The molecular weight excluding hydrogens is 448 g/mol. The number of aliphatic carboxylic acids is 1. The maximum absolute atomic E-state index is 12.9. The van der Waals surface area contributed by atoms with E-state index in [2.05, 4.69) is 19.8 Å². The minimum atomic E-state index is -1.30. The number of fused-ring (bicyclic) bond motifs is 1. The summed E-state index contributed by atoms with van der Waals surface area (Å²) in [7, 11) is 0. The molecule has 1 aromatic heterocycles. The van der Waals surface area contributed by atoms with Crippen molar-refractivity contribution in [3.05, 3.63) is 17.1 Å². The number of nitrogen functional groups attached to an aromatic ring is 1. The van der Waals surface area contributed by atoms with Gasteiger partial charge in [0.25, 0.3) is 11.8 Å². The van der Waals surface area contributed by atoms with Gasteiger partial charge in [0.05, 0.1) is 6.61 Å². The number of aliphatic hydroxyl groups is 1. The number of aromatic nitrogens is 2. The first-order valence-electron chi connectivity index (χ1n) is 9.55. The molecule has 2 fully saturated rings. The number of rotatable bonds is 7. The highest BCUT2D eigenvalue weighted by molar-refractivity contribution is 8.00. The average molecular weight is 469 g/mol. The lowest BCUT2D eigenvalue weighted by atomic mass is 10.0.